The number of benzene rings is 1. The van der Waals surface area contributed by atoms with Gasteiger partial charge in [-0.2, -0.15) is 0 Å². The molecule has 4 rings (SSSR count). The van der Waals surface area contributed by atoms with E-state index in [4.69, 9.17) is 4.74 Å². The van der Waals surface area contributed by atoms with E-state index in [0.29, 0.717) is 17.9 Å². The van der Waals surface area contributed by atoms with Crippen molar-refractivity contribution in [2.75, 3.05) is 12.4 Å². The van der Waals surface area contributed by atoms with Crippen molar-refractivity contribution in [1.29, 1.82) is 0 Å². The largest absolute Gasteiger partial charge is 0.481 e. The summed E-state index contributed by atoms with van der Waals surface area (Å²) >= 11 is 0. The van der Waals surface area contributed by atoms with Crippen molar-refractivity contribution in [2.24, 2.45) is 0 Å². The predicted octanol–water partition coefficient (Wildman–Crippen LogP) is 2.42. The zero-order valence-corrected chi connectivity index (χ0v) is 12.6. The van der Waals surface area contributed by atoms with Gasteiger partial charge in [0, 0.05) is 12.1 Å². The highest BCUT2D eigenvalue weighted by Crippen LogP contribution is 2.40. The number of hydrogen-bond acceptors (Lipinski definition) is 5. The molecule has 23 heavy (non-hydrogen) atoms. The van der Waals surface area contributed by atoms with Gasteiger partial charge in [-0.05, 0) is 25.0 Å². The van der Waals surface area contributed by atoms with Crippen LogP contribution < -0.4 is 10.1 Å². The summed E-state index contributed by atoms with van der Waals surface area (Å²) in [6.45, 7) is 0. The van der Waals surface area contributed by atoms with Crippen LogP contribution in [0.3, 0.4) is 0 Å². The zero-order valence-electron chi connectivity index (χ0n) is 12.6. The van der Waals surface area contributed by atoms with Gasteiger partial charge in [-0.15, -0.1) is 0 Å². The summed E-state index contributed by atoms with van der Waals surface area (Å²) in [6, 6.07) is 9.77. The molecule has 1 saturated carbocycles. The van der Waals surface area contributed by atoms with Crippen LogP contribution in [0, 0.1) is 0 Å². The van der Waals surface area contributed by atoms with E-state index in [2.05, 4.69) is 24.8 Å². The number of carbonyl (C=O) groups excluding carboxylic acids is 1. The number of aromatic nitrogens is 4. The highest BCUT2D eigenvalue weighted by Gasteiger charge is 2.29. The van der Waals surface area contributed by atoms with E-state index in [1.54, 1.807) is 0 Å². The van der Waals surface area contributed by atoms with E-state index >= 15 is 0 Å². The Morgan fingerprint density at radius 1 is 1.30 bits per heavy atom. The van der Waals surface area contributed by atoms with Crippen LogP contribution in [0.15, 0.2) is 36.7 Å². The second kappa shape index (κ2) is 5.35. The van der Waals surface area contributed by atoms with Gasteiger partial charge in [-0.3, -0.25) is 10.1 Å². The molecule has 7 heteroatoms. The number of methoxy groups -OCH3 is 1. The fourth-order valence-corrected chi connectivity index (χ4v) is 2.58. The number of nitrogens with one attached hydrogen (secondary N) is 1. The van der Waals surface area contributed by atoms with Gasteiger partial charge < -0.3 is 9.30 Å². The smallest absolute Gasteiger partial charge is 0.276 e. The summed E-state index contributed by atoms with van der Waals surface area (Å²) in [4.78, 5) is 24.9. The maximum absolute atomic E-state index is 12.4. The Balaban J connectivity index is 1.69. The third kappa shape index (κ3) is 2.50. The standard InChI is InChI=1S/C16H15N5O2/c1-23-14-8-12(17-9-18-14)15(22)20-16-19-11-4-2-3-5-13(11)21(16)10-6-7-10/h2-5,8-10H,6-7H2,1H3,(H,19,20,22). The van der Waals surface area contributed by atoms with Crippen molar-refractivity contribution in [1.82, 2.24) is 19.5 Å². The molecule has 1 aliphatic rings. The molecular formula is C16H15N5O2. The van der Waals surface area contributed by atoms with Crippen molar-refractivity contribution in [3.63, 3.8) is 0 Å². The van der Waals surface area contributed by atoms with Crippen molar-refractivity contribution < 1.29 is 9.53 Å². The average molecular weight is 309 g/mol. The lowest BCUT2D eigenvalue weighted by Gasteiger charge is -2.08. The Morgan fingerprint density at radius 3 is 2.91 bits per heavy atom. The highest BCUT2D eigenvalue weighted by molar-refractivity contribution is 6.02. The van der Waals surface area contributed by atoms with E-state index in [1.807, 2.05) is 24.3 Å². The van der Waals surface area contributed by atoms with Gasteiger partial charge in [-0.25, -0.2) is 15.0 Å². The molecule has 1 fully saturated rings. The monoisotopic (exact) mass is 309 g/mol. The van der Waals surface area contributed by atoms with E-state index in [0.717, 1.165) is 23.9 Å². The van der Waals surface area contributed by atoms with Gasteiger partial charge in [0.05, 0.1) is 18.1 Å². The minimum Gasteiger partial charge on any atom is -0.481 e. The number of para-hydroxylation sites is 2. The maximum Gasteiger partial charge on any atom is 0.276 e. The second-order valence-corrected chi connectivity index (χ2v) is 5.43. The van der Waals surface area contributed by atoms with Crippen molar-refractivity contribution in [3.05, 3.63) is 42.4 Å². The summed E-state index contributed by atoms with van der Waals surface area (Å²) in [5, 5.41) is 2.86. The van der Waals surface area contributed by atoms with Crippen LogP contribution in [0.5, 0.6) is 5.88 Å². The molecule has 2 aromatic heterocycles. The van der Waals surface area contributed by atoms with Gasteiger partial charge >= 0.3 is 0 Å². The third-order valence-electron chi connectivity index (χ3n) is 3.82. The number of carbonyl (C=O) groups is 1. The lowest BCUT2D eigenvalue weighted by atomic mass is 10.3. The molecule has 1 amide bonds. The second-order valence-electron chi connectivity index (χ2n) is 5.43. The topological polar surface area (TPSA) is 81.9 Å². The molecule has 2 heterocycles. The lowest BCUT2D eigenvalue weighted by Crippen LogP contribution is -2.17. The number of fused-ring (bicyclic) bond motifs is 1. The normalized spacial score (nSPS) is 14.0. The van der Waals surface area contributed by atoms with Crippen molar-refractivity contribution in [3.8, 4) is 5.88 Å². The quantitative estimate of drug-likeness (QED) is 0.800. The van der Waals surface area contributed by atoms with Crippen LogP contribution in [0.2, 0.25) is 0 Å². The lowest BCUT2D eigenvalue weighted by molar-refractivity contribution is 0.102. The zero-order chi connectivity index (χ0) is 15.8. The predicted molar refractivity (Wildman–Crippen MR) is 84.5 cm³/mol. The number of ether oxygens (including phenoxy) is 1. The molecule has 1 aromatic carbocycles. The Kier molecular flexibility index (Phi) is 3.18. The van der Waals surface area contributed by atoms with Gasteiger partial charge in [0.1, 0.15) is 12.0 Å². The van der Waals surface area contributed by atoms with Gasteiger partial charge in [0.15, 0.2) is 0 Å². The number of anilines is 1. The van der Waals surface area contributed by atoms with Gasteiger partial charge in [0.2, 0.25) is 11.8 Å². The molecule has 1 aliphatic carbocycles. The minimum atomic E-state index is -0.331. The molecule has 0 unspecified atom stereocenters. The summed E-state index contributed by atoms with van der Waals surface area (Å²) < 4.78 is 7.11. The van der Waals surface area contributed by atoms with Crippen molar-refractivity contribution in [2.45, 2.75) is 18.9 Å². The molecule has 0 atom stereocenters. The molecule has 0 radical (unpaired) electrons. The SMILES string of the molecule is COc1cc(C(=O)Nc2nc3ccccc3n2C2CC2)ncn1. The first-order valence-electron chi connectivity index (χ1n) is 7.40. The maximum atomic E-state index is 12.4. The summed E-state index contributed by atoms with van der Waals surface area (Å²) in [7, 11) is 1.50. The van der Waals surface area contributed by atoms with Gasteiger partial charge in [0.25, 0.3) is 5.91 Å². The first-order chi connectivity index (χ1) is 11.3. The number of rotatable bonds is 4. The van der Waals surface area contributed by atoms with Crippen LogP contribution in [-0.4, -0.2) is 32.5 Å². The van der Waals surface area contributed by atoms with Gasteiger partial charge in [-0.1, -0.05) is 12.1 Å². The molecule has 7 nitrogen and oxygen atoms in total. The first kappa shape index (κ1) is 13.7. The number of hydrogen-bond donors (Lipinski definition) is 1. The molecule has 1 N–H and O–H groups in total. The van der Waals surface area contributed by atoms with Crippen LogP contribution in [0.4, 0.5) is 5.95 Å². The Bertz CT molecular complexity index is 885. The Hall–Kier alpha value is -2.96. The van der Waals surface area contributed by atoms with E-state index in [1.165, 1.54) is 19.5 Å². The molecular weight excluding hydrogens is 294 g/mol. The fraction of sp³-hybridized carbons (Fsp3) is 0.250. The van der Waals surface area contributed by atoms with E-state index in [9.17, 15) is 4.79 Å². The number of amides is 1. The van der Waals surface area contributed by atoms with E-state index in [-0.39, 0.29) is 11.6 Å². The summed E-state index contributed by atoms with van der Waals surface area (Å²) in [5.74, 6) is 0.569. The molecule has 3 aromatic rings. The highest BCUT2D eigenvalue weighted by atomic mass is 16.5. The summed E-state index contributed by atoms with van der Waals surface area (Å²) in [6.07, 6.45) is 3.51. The molecule has 116 valence electrons. The minimum absolute atomic E-state index is 0.242. The Morgan fingerprint density at radius 2 is 2.13 bits per heavy atom. The molecule has 0 aliphatic heterocycles. The van der Waals surface area contributed by atoms with Crippen LogP contribution >= 0.6 is 0 Å². The Labute approximate surface area is 132 Å². The summed E-state index contributed by atoms with van der Waals surface area (Å²) in [5.41, 5.74) is 2.15. The van der Waals surface area contributed by atoms with Crippen LogP contribution in [-0.2, 0) is 0 Å². The fourth-order valence-electron chi connectivity index (χ4n) is 2.58. The third-order valence-corrected chi connectivity index (χ3v) is 3.82. The average Bonchev–Trinajstić information content (AvgIpc) is 3.36. The van der Waals surface area contributed by atoms with Crippen molar-refractivity contribution >= 4 is 22.9 Å². The molecule has 0 spiro atoms. The van der Waals surface area contributed by atoms with E-state index < -0.39 is 0 Å². The van der Waals surface area contributed by atoms with Crippen LogP contribution in [0.1, 0.15) is 29.4 Å². The molecule has 0 saturated heterocycles. The molecule has 0 bridgehead atoms. The van der Waals surface area contributed by atoms with Crippen LogP contribution in [0.25, 0.3) is 11.0 Å². The first-order valence-corrected chi connectivity index (χ1v) is 7.40. The number of imidazole rings is 1. The number of nitrogens with zero attached hydrogens (tertiary/aromatic N) is 4.